The summed E-state index contributed by atoms with van der Waals surface area (Å²) < 4.78 is 66.3. The van der Waals surface area contributed by atoms with Crippen molar-refractivity contribution < 1.29 is 26.4 Å². The normalized spacial score (nSPS) is 14.2. The summed E-state index contributed by atoms with van der Waals surface area (Å²) in [5.74, 6) is -0.912. The highest BCUT2D eigenvalue weighted by atomic mass is 32.2. The van der Waals surface area contributed by atoms with E-state index in [1.165, 1.54) is 0 Å². The van der Waals surface area contributed by atoms with E-state index in [9.17, 15) is 26.4 Å². The van der Waals surface area contributed by atoms with Gasteiger partial charge in [-0.1, -0.05) is 56.7 Å². The molecule has 0 spiro atoms. The molecule has 158 valence electrons. The fraction of sp³-hybridized carbons (Fsp3) is 0.350. The van der Waals surface area contributed by atoms with Crippen LogP contribution in [0.25, 0.3) is 0 Å². The van der Waals surface area contributed by atoms with Crippen molar-refractivity contribution in [1.29, 1.82) is 0 Å². The molecule has 0 aliphatic rings. The predicted molar refractivity (Wildman–Crippen MR) is 103 cm³/mol. The molecule has 0 saturated heterocycles. The number of alkyl halides is 3. The van der Waals surface area contributed by atoms with Gasteiger partial charge in [0.25, 0.3) is 0 Å². The molecular weight excluding hydrogens is 405 g/mol. The topological polar surface area (TPSA) is 75.3 Å². The van der Waals surface area contributed by atoms with Crippen LogP contribution in [0.3, 0.4) is 0 Å². The fourth-order valence-corrected chi connectivity index (χ4v) is 3.98. The van der Waals surface area contributed by atoms with Crippen LogP contribution < -0.4 is 10.0 Å². The largest absolute Gasteiger partial charge is 0.416 e. The van der Waals surface area contributed by atoms with Crippen LogP contribution in [0.2, 0.25) is 0 Å². The van der Waals surface area contributed by atoms with Crippen molar-refractivity contribution in [2.24, 2.45) is 5.92 Å². The van der Waals surface area contributed by atoms with Crippen LogP contribution in [-0.2, 0) is 27.5 Å². The number of rotatable bonds is 8. The summed E-state index contributed by atoms with van der Waals surface area (Å²) in [6.45, 7) is 3.69. The van der Waals surface area contributed by atoms with E-state index < -0.39 is 38.6 Å². The maximum Gasteiger partial charge on any atom is 0.416 e. The van der Waals surface area contributed by atoms with Crippen LogP contribution in [-0.4, -0.2) is 20.4 Å². The number of halogens is 3. The molecule has 0 radical (unpaired) electrons. The average molecular weight is 428 g/mol. The zero-order chi connectivity index (χ0) is 21.7. The summed E-state index contributed by atoms with van der Waals surface area (Å²) in [6.07, 6.45) is -4.18. The minimum Gasteiger partial charge on any atom is -0.351 e. The molecule has 5 nitrogen and oxygen atoms in total. The van der Waals surface area contributed by atoms with E-state index in [4.69, 9.17) is 0 Å². The van der Waals surface area contributed by atoms with Crippen molar-refractivity contribution in [3.8, 4) is 0 Å². The molecule has 0 fully saturated rings. The van der Waals surface area contributed by atoms with Crippen LogP contribution >= 0.6 is 0 Å². The van der Waals surface area contributed by atoms with Crippen LogP contribution in [0.1, 0.15) is 31.4 Å². The number of amides is 1. The Balaban J connectivity index is 2.21. The molecule has 0 aromatic heterocycles. The van der Waals surface area contributed by atoms with Gasteiger partial charge in [-0.2, -0.15) is 17.9 Å². The summed E-state index contributed by atoms with van der Waals surface area (Å²) in [7, 11) is -4.34. The number of nitrogens with one attached hydrogen (secondary N) is 2. The maximum atomic E-state index is 12.9. The zero-order valence-electron chi connectivity index (χ0n) is 16.0. The average Bonchev–Trinajstić information content (AvgIpc) is 2.70. The molecule has 29 heavy (non-hydrogen) atoms. The second-order valence-electron chi connectivity index (χ2n) is 6.71. The summed E-state index contributed by atoms with van der Waals surface area (Å²) in [5, 5.41) is 2.68. The molecule has 0 bridgehead atoms. The SMILES string of the molecule is CC[C@@H](C)[C@H](NS(=O)(=O)c1cccc(C(F)(F)F)c1)C(=O)NCc1ccccc1. The molecule has 0 saturated carbocycles. The number of sulfonamides is 1. The third-order valence-electron chi connectivity index (χ3n) is 4.56. The summed E-state index contributed by atoms with van der Waals surface area (Å²) in [4.78, 5) is 12.1. The highest BCUT2D eigenvalue weighted by Gasteiger charge is 2.33. The van der Waals surface area contributed by atoms with Crippen LogP contribution in [0, 0.1) is 5.92 Å². The first-order valence-corrected chi connectivity index (χ1v) is 10.5. The van der Waals surface area contributed by atoms with Crippen molar-refractivity contribution in [1.82, 2.24) is 10.0 Å². The first kappa shape index (κ1) is 22.9. The minimum absolute atomic E-state index is 0.206. The van der Waals surface area contributed by atoms with Gasteiger partial charge in [-0.3, -0.25) is 4.79 Å². The summed E-state index contributed by atoms with van der Waals surface area (Å²) in [6, 6.07) is 11.4. The van der Waals surface area contributed by atoms with Crippen molar-refractivity contribution in [2.45, 2.75) is 43.9 Å². The number of carbonyl (C=O) groups is 1. The lowest BCUT2D eigenvalue weighted by molar-refractivity contribution is -0.137. The summed E-state index contributed by atoms with van der Waals surface area (Å²) in [5.41, 5.74) is -0.238. The molecule has 2 atom stereocenters. The van der Waals surface area contributed by atoms with Crippen LogP contribution in [0.5, 0.6) is 0 Å². The lowest BCUT2D eigenvalue weighted by atomic mass is 9.99. The van der Waals surface area contributed by atoms with Crippen LogP contribution in [0.15, 0.2) is 59.5 Å². The molecule has 2 aromatic carbocycles. The van der Waals surface area contributed by atoms with Gasteiger partial charge in [0.1, 0.15) is 6.04 Å². The van der Waals surface area contributed by atoms with E-state index in [2.05, 4.69) is 10.0 Å². The van der Waals surface area contributed by atoms with E-state index in [1.54, 1.807) is 13.8 Å². The number of benzene rings is 2. The Bertz CT molecular complexity index is 931. The highest BCUT2D eigenvalue weighted by molar-refractivity contribution is 7.89. The molecule has 0 unspecified atom stereocenters. The van der Waals surface area contributed by atoms with Gasteiger partial charge in [0.05, 0.1) is 10.5 Å². The lowest BCUT2D eigenvalue weighted by Gasteiger charge is -2.23. The highest BCUT2D eigenvalue weighted by Crippen LogP contribution is 2.30. The molecule has 0 aliphatic carbocycles. The van der Waals surface area contributed by atoms with Crippen molar-refractivity contribution in [3.05, 3.63) is 65.7 Å². The first-order chi connectivity index (χ1) is 13.5. The Morgan fingerprint density at radius 1 is 1.07 bits per heavy atom. The third-order valence-corrected chi connectivity index (χ3v) is 6.00. The summed E-state index contributed by atoms with van der Waals surface area (Å²) >= 11 is 0. The maximum absolute atomic E-state index is 12.9. The van der Waals surface area contributed by atoms with E-state index in [-0.39, 0.29) is 12.5 Å². The van der Waals surface area contributed by atoms with Gasteiger partial charge in [0.15, 0.2) is 0 Å². The van der Waals surface area contributed by atoms with Crippen LogP contribution in [0.4, 0.5) is 13.2 Å². The monoisotopic (exact) mass is 428 g/mol. The second-order valence-corrected chi connectivity index (χ2v) is 8.43. The van der Waals surface area contributed by atoms with Gasteiger partial charge in [-0.15, -0.1) is 0 Å². The Kier molecular flexibility index (Phi) is 7.43. The Labute approximate surface area is 168 Å². The van der Waals surface area contributed by atoms with Gasteiger partial charge < -0.3 is 5.32 Å². The van der Waals surface area contributed by atoms with Gasteiger partial charge in [0, 0.05) is 6.54 Å². The van der Waals surface area contributed by atoms with Gasteiger partial charge in [-0.25, -0.2) is 8.42 Å². The number of carbonyl (C=O) groups excluding carboxylic acids is 1. The molecular formula is C20H23F3N2O3S. The minimum atomic E-state index is -4.67. The van der Waals surface area contributed by atoms with E-state index >= 15 is 0 Å². The van der Waals surface area contributed by atoms with Crippen molar-refractivity contribution in [3.63, 3.8) is 0 Å². The zero-order valence-corrected chi connectivity index (χ0v) is 16.8. The fourth-order valence-electron chi connectivity index (χ4n) is 2.63. The van der Waals surface area contributed by atoms with E-state index in [1.807, 2.05) is 30.3 Å². The van der Waals surface area contributed by atoms with Gasteiger partial charge in [-0.05, 0) is 29.7 Å². The van der Waals surface area contributed by atoms with E-state index in [0.717, 1.165) is 23.8 Å². The Hall–Kier alpha value is -2.39. The molecule has 2 rings (SSSR count). The lowest BCUT2D eigenvalue weighted by Crippen LogP contribution is -2.49. The molecule has 0 aliphatic heterocycles. The molecule has 1 amide bonds. The number of hydrogen-bond acceptors (Lipinski definition) is 3. The van der Waals surface area contributed by atoms with Crippen molar-refractivity contribution in [2.75, 3.05) is 0 Å². The smallest absolute Gasteiger partial charge is 0.351 e. The quantitative estimate of drug-likeness (QED) is 0.673. The standard InChI is InChI=1S/C20H23F3N2O3S/c1-3-14(2)18(19(26)24-13-15-8-5-4-6-9-15)25-29(27,28)17-11-7-10-16(12-17)20(21,22)23/h4-12,14,18,25H,3,13H2,1-2H3,(H,24,26)/t14-,18+/m1/s1. The predicted octanol–water partition coefficient (Wildman–Crippen LogP) is 3.71. The molecule has 2 aromatic rings. The molecule has 9 heteroatoms. The van der Waals surface area contributed by atoms with E-state index in [0.29, 0.717) is 12.5 Å². The van der Waals surface area contributed by atoms with Gasteiger partial charge in [0.2, 0.25) is 15.9 Å². The van der Waals surface area contributed by atoms with Gasteiger partial charge >= 0.3 is 6.18 Å². The Morgan fingerprint density at radius 3 is 2.31 bits per heavy atom. The number of hydrogen-bond donors (Lipinski definition) is 2. The second kappa shape index (κ2) is 9.41. The van der Waals surface area contributed by atoms with Crippen molar-refractivity contribution >= 4 is 15.9 Å². The third kappa shape index (κ3) is 6.30. The molecule has 2 N–H and O–H groups in total. The Morgan fingerprint density at radius 2 is 1.72 bits per heavy atom. The molecule has 0 heterocycles. The first-order valence-electron chi connectivity index (χ1n) is 9.06.